The number of thiophene rings is 2. The molecule has 27 heavy (non-hydrogen) atoms. The number of nitrogens with zero attached hydrogens (tertiary/aromatic N) is 2. The first-order chi connectivity index (χ1) is 13.2. The van der Waals surface area contributed by atoms with Gasteiger partial charge in [-0.1, -0.05) is 0 Å². The van der Waals surface area contributed by atoms with Gasteiger partial charge in [0, 0.05) is 16.0 Å². The lowest BCUT2D eigenvalue weighted by atomic mass is 9.96. The van der Waals surface area contributed by atoms with Gasteiger partial charge in [-0.15, -0.1) is 22.7 Å². The maximum Gasteiger partial charge on any atom is 0.268 e. The quantitative estimate of drug-likeness (QED) is 0.672. The summed E-state index contributed by atoms with van der Waals surface area (Å²) in [4.78, 5) is 20.2. The molecular weight excluding hydrogens is 376 g/mol. The summed E-state index contributed by atoms with van der Waals surface area (Å²) in [7, 11) is 0. The number of amides is 1. The molecule has 2 aliphatic carbocycles. The van der Waals surface area contributed by atoms with Crippen LogP contribution in [-0.4, -0.2) is 10.9 Å². The van der Waals surface area contributed by atoms with Crippen molar-refractivity contribution in [3.05, 3.63) is 38.2 Å². The Bertz CT molecular complexity index is 1140. The largest absolute Gasteiger partial charge is 0.397 e. The van der Waals surface area contributed by atoms with E-state index in [-0.39, 0.29) is 5.91 Å². The second-order valence-corrected chi connectivity index (χ2v) is 9.23. The molecule has 0 radical (unpaired) electrons. The van der Waals surface area contributed by atoms with Crippen molar-refractivity contribution in [1.82, 2.24) is 4.98 Å². The second-order valence-electron chi connectivity index (χ2n) is 7.13. The van der Waals surface area contributed by atoms with E-state index in [1.165, 1.54) is 33.1 Å². The van der Waals surface area contributed by atoms with E-state index in [0.29, 0.717) is 21.1 Å². The third-order valence-corrected chi connectivity index (χ3v) is 7.79. The van der Waals surface area contributed by atoms with Crippen molar-refractivity contribution < 1.29 is 4.79 Å². The Hall–Kier alpha value is -2.43. The molecule has 3 aromatic heterocycles. The predicted octanol–water partition coefficient (Wildman–Crippen LogP) is 4.43. The first-order valence-electron chi connectivity index (χ1n) is 9.22. The molecule has 5 rings (SSSR count). The van der Waals surface area contributed by atoms with Gasteiger partial charge in [-0.05, 0) is 62.1 Å². The van der Waals surface area contributed by atoms with Crippen LogP contribution in [-0.2, 0) is 25.7 Å². The van der Waals surface area contributed by atoms with E-state index in [1.807, 2.05) is 0 Å². The predicted molar refractivity (Wildman–Crippen MR) is 110 cm³/mol. The molecule has 0 fully saturated rings. The van der Waals surface area contributed by atoms with Crippen LogP contribution in [0.5, 0.6) is 0 Å². The fourth-order valence-corrected chi connectivity index (χ4v) is 6.33. The maximum absolute atomic E-state index is 12.9. The van der Waals surface area contributed by atoms with Gasteiger partial charge >= 0.3 is 0 Å². The lowest BCUT2D eigenvalue weighted by molar-refractivity contribution is 0.103. The molecule has 0 spiro atoms. The normalized spacial score (nSPS) is 15.4. The number of carbonyl (C=O) groups is 1. The molecule has 1 amide bonds. The highest BCUT2D eigenvalue weighted by Crippen LogP contribution is 2.40. The number of nitriles is 1. The van der Waals surface area contributed by atoms with E-state index in [0.717, 1.165) is 66.4 Å². The van der Waals surface area contributed by atoms with Crippen molar-refractivity contribution in [2.45, 2.75) is 44.9 Å². The van der Waals surface area contributed by atoms with Gasteiger partial charge in [-0.2, -0.15) is 5.26 Å². The van der Waals surface area contributed by atoms with Gasteiger partial charge in [0.05, 0.1) is 11.3 Å². The maximum atomic E-state index is 12.9. The van der Waals surface area contributed by atoms with E-state index in [9.17, 15) is 10.1 Å². The molecular formula is C20H18N4OS2. The lowest BCUT2D eigenvalue weighted by Crippen LogP contribution is -2.12. The highest BCUT2D eigenvalue weighted by molar-refractivity contribution is 7.21. The molecule has 0 atom stereocenters. The number of nitrogens with one attached hydrogen (secondary N) is 1. The van der Waals surface area contributed by atoms with Gasteiger partial charge in [-0.3, -0.25) is 4.79 Å². The number of pyridine rings is 1. The number of aryl methyl sites for hydroxylation is 3. The summed E-state index contributed by atoms with van der Waals surface area (Å²) in [5.41, 5.74) is 10.9. The Morgan fingerprint density at radius 1 is 1.19 bits per heavy atom. The summed E-state index contributed by atoms with van der Waals surface area (Å²) in [5.74, 6) is -0.245. The van der Waals surface area contributed by atoms with Gasteiger partial charge < -0.3 is 11.1 Å². The summed E-state index contributed by atoms with van der Waals surface area (Å²) >= 11 is 2.87. The van der Waals surface area contributed by atoms with Crippen LogP contribution in [0.2, 0.25) is 0 Å². The molecule has 0 aromatic carbocycles. The van der Waals surface area contributed by atoms with Crippen molar-refractivity contribution in [3.63, 3.8) is 0 Å². The van der Waals surface area contributed by atoms with Gasteiger partial charge in [0.1, 0.15) is 20.8 Å². The minimum atomic E-state index is -0.245. The van der Waals surface area contributed by atoms with Gasteiger partial charge in [-0.25, -0.2) is 4.98 Å². The summed E-state index contributed by atoms with van der Waals surface area (Å²) in [6.45, 7) is 0. The highest BCUT2D eigenvalue weighted by Gasteiger charge is 2.25. The minimum absolute atomic E-state index is 0.245. The zero-order chi connectivity index (χ0) is 18.5. The fraction of sp³-hybridized carbons (Fsp3) is 0.350. The molecule has 7 heteroatoms. The summed E-state index contributed by atoms with van der Waals surface area (Å²) in [6, 6.07) is 4.38. The van der Waals surface area contributed by atoms with Crippen LogP contribution in [0.15, 0.2) is 6.07 Å². The summed E-state index contributed by atoms with van der Waals surface area (Å²) in [6.07, 6.45) is 7.32. The van der Waals surface area contributed by atoms with Gasteiger partial charge in [0.25, 0.3) is 5.91 Å². The molecule has 136 valence electrons. The van der Waals surface area contributed by atoms with Crippen LogP contribution in [0.3, 0.4) is 0 Å². The number of carbonyl (C=O) groups excluding carboxylic acids is 1. The second kappa shape index (κ2) is 6.32. The zero-order valence-electron chi connectivity index (χ0n) is 14.7. The van der Waals surface area contributed by atoms with Crippen LogP contribution in [0.4, 0.5) is 10.7 Å². The number of hydrogen-bond donors (Lipinski definition) is 2. The Kier molecular flexibility index (Phi) is 3.92. The van der Waals surface area contributed by atoms with Gasteiger partial charge in [0.15, 0.2) is 0 Å². The fourth-order valence-electron chi connectivity index (χ4n) is 4.10. The third-order valence-electron chi connectivity index (χ3n) is 5.47. The van der Waals surface area contributed by atoms with Crippen LogP contribution < -0.4 is 11.1 Å². The summed E-state index contributed by atoms with van der Waals surface area (Å²) < 4.78 is 0. The van der Waals surface area contributed by atoms with Gasteiger partial charge in [0.2, 0.25) is 0 Å². The zero-order valence-corrected chi connectivity index (χ0v) is 16.4. The third kappa shape index (κ3) is 2.63. The number of nitrogens with two attached hydrogens (primary N) is 1. The first kappa shape index (κ1) is 16.7. The monoisotopic (exact) mass is 394 g/mol. The molecule has 0 unspecified atom stereocenters. The molecule has 0 aliphatic heterocycles. The molecule has 3 N–H and O–H groups in total. The van der Waals surface area contributed by atoms with E-state index in [1.54, 1.807) is 0 Å². The number of rotatable bonds is 2. The molecule has 2 aliphatic rings. The standard InChI is InChI=1S/C20H18N4OS2/c21-9-13-11-5-1-2-7-15(11)26-20(13)24-18(25)17-16(22)12-8-10-4-3-6-14(10)23-19(12)27-17/h8H,1-7,22H2,(H,24,25). The Balaban J connectivity index is 1.51. The van der Waals surface area contributed by atoms with Crippen molar-refractivity contribution in [2.75, 3.05) is 11.1 Å². The molecule has 3 aromatic rings. The Morgan fingerprint density at radius 2 is 2.04 bits per heavy atom. The summed E-state index contributed by atoms with van der Waals surface area (Å²) in [5, 5.41) is 14.1. The van der Waals surface area contributed by atoms with Crippen molar-refractivity contribution >= 4 is 49.5 Å². The van der Waals surface area contributed by atoms with E-state index >= 15 is 0 Å². The number of fused-ring (bicyclic) bond motifs is 3. The van der Waals surface area contributed by atoms with Crippen molar-refractivity contribution in [1.29, 1.82) is 5.26 Å². The number of aromatic nitrogens is 1. The van der Waals surface area contributed by atoms with Crippen LogP contribution in [0.1, 0.15) is 56.2 Å². The van der Waals surface area contributed by atoms with E-state index in [2.05, 4.69) is 17.5 Å². The topological polar surface area (TPSA) is 91.8 Å². The van der Waals surface area contributed by atoms with Crippen LogP contribution in [0, 0.1) is 11.3 Å². The number of anilines is 2. The number of nitrogen functional groups attached to an aromatic ring is 1. The number of hydrogen-bond acceptors (Lipinski definition) is 6. The van der Waals surface area contributed by atoms with Crippen LogP contribution >= 0.6 is 22.7 Å². The molecule has 0 bridgehead atoms. The molecule has 0 saturated carbocycles. The molecule has 3 heterocycles. The Morgan fingerprint density at radius 3 is 2.89 bits per heavy atom. The average molecular weight is 395 g/mol. The highest BCUT2D eigenvalue weighted by atomic mass is 32.1. The van der Waals surface area contributed by atoms with Crippen molar-refractivity contribution in [2.24, 2.45) is 0 Å². The smallest absolute Gasteiger partial charge is 0.268 e. The van der Waals surface area contributed by atoms with Crippen LogP contribution in [0.25, 0.3) is 10.2 Å². The SMILES string of the molecule is N#Cc1c(NC(=O)c2sc3nc4c(cc3c2N)CCC4)sc2c1CCCC2. The first-order valence-corrected chi connectivity index (χ1v) is 10.9. The minimum Gasteiger partial charge on any atom is -0.397 e. The average Bonchev–Trinajstić information content (AvgIpc) is 3.35. The molecule has 0 saturated heterocycles. The molecule has 5 nitrogen and oxygen atoms in total. The lowest BCUT2D eigenvalue weighted by Gasteiger charge is -2.09. The van der Waals surface area contributed by atoms with E-state index < -0.39 is 0 Å². The van der Waals surface area contributed by atoms with Crippen molar-refractivity contribution in [3.8, 4) is 6.07 Å². The van der Waals surface area contributed by atoms with E-state index in [4.69, 9.17) is 10.7 Å². The Labute approximate surface area is 164 Å².